The molecule has 7 nitrogen and oxygen atoms in total. The molecule has 4 aromatic rings. The van der Waals surface area contributed by atoms with Crippen molar-refractivity contribution in [1.82, 2.24) is 24.7 Å². The molecule has 0 atom stereocenters. The molecule has 0 aliphatic carbocycles. The lowest BCUT2D eigenvalue weighted by molar-refractivity contribution is 0.102. The van der Waals surface area contributed by atoms with E-state index in [1.54, 1.807) is 35.5 Å². The molecular weight excluding hydrogens is 328 g/mol. The summed E-state index contributed by atoms with van der Waals surface area (Å²) in [5, 5.41) is 6.99. The summed E-state index contributed by atoms with van der Waals surface area (Å²) in [5.41, 5.74) is 3.27. The van der Waals surface area contributed by atoms with Crippen LogP contribution in [0.4, 0.5) is 5.69 Å². The monoisotopic (exact) mass is 344 g/mol. The summed E-state index contributed by atoms with van der Waals surface area (Å²) in [4.78, 5) is 23.7. The number of hydrogen-bond acceptors (Lipinski definition) is 4. The summed E-state index contributed by atoms with van der Waals surface area (Å²) < 4.78 is 1.73. The maximum atomic E-state index is 12.5. The molecule has 2 aromatic carbocycles. The zero-order valence-corrected chi connectivity index (χ0v) is 13.8. The highest BCUT2D eigenvalue weighted by molar-refractivity contribution is 6.04. The molecule has 0 saturated carbocycles. The lowest BCUT2D eigenvalue weighted by atomic mass is 10.1. The lowest BCUT2D eigenvalue weighted by Gasteiger charge is -2.08. The molecule has 2 aromatic heterocycles. The van der Waals surface area contributed by atoms with Gasteiger partial charge in [-0.05, 0) is 29.8 Å². The van der Waals surface area contributed by atoms with Crippen molar-refractivity contribution in [2.24, 2.45) is 0 Å². The summed E-state index contributed by atoms with van der Waals surface area (Å²) in [6.45, 7) is 0.618. The van der Waals surface area contributed by atoms with Gasteiger partial charge < -0.3 is 10.3 Å². The van der Waals surface area contributed by atoms with Gasteiger partial charge in [0.15, 0.2) is 0 Å². The van der Waals surface area contributed by atoms with Crippen LogP contribution in [0.2, 0.25) is 0 Å². The normalized spacial score (nSPS) is 10.6. The van der Waals surface area contributed by atoms with Gasteiger partial charge in [0.2, 0.25) is 0 Å². The Morgan fingerprint density at radius 1 is 1.15 bits per heavy atom. The van der Waals surface area contributed by atoms with Crippen LogP contribution in [0.1, 0.15) is 15.9 Å². The number of nitrogens with one attached hydrogen (secondary N) is 2. The first-order chi connectivity index (χ1) is 12.8. The van der Waals surface area contributed by atoms with Crippen molar-refractivity contribution in [3.8, 4) is 11.4 Å². The van der Waals surface area contributed by atoms with E-state index in [0.29, 0.717) is 12.1 Å². The van der Waals surface area contributed by atoms with E-state index in [2.05, 4.69) is 25.4 Å². The molecule has 2 heterocycles. The quantitative estimate of drug-likeness (QED) is 0.582. The van der Waals surface area contributed by atoms with Gasteiger partial charge in [-0.2, -0.15) is 5.10 Å². The molecule has 7 heteroatoms. The minimum absolute atomic E-state index is 0.158. The number of nitrogens with zero attached hydrogens (tertiary/aromatic N) is 4. The summed E-state index contributed by atoms with van der Waals surface area (Å²) in [7, 11) is 0. The number of carbonyl (C=O) groups excluding carboxylic acids is 1. The van der Waals surface area contributed by atoms with E-state index in [4.69, 9.17) is 0 Å². The van der Waals surface area contributed by atoms with Gasteiger partial charge in [-0.15, -0.1) is 0 Å². The highest BCUT2D eigenvalue weighted by Gasteiger charge is 2.08. The van der Waals surface area contributed by atoms with Crippen molar-refractivity contribution >= 4 is 11.6 Å². The third kappa shape index (κ3) is 3.51. The van der Waals surface area contributed by atoms with Crippen molar-refractivity contribution in [1.29, 1.82) is 0 Å². The Morgan fingerprint density at radius 3 is 2.77 bits per heavy atom. The maximum absolute atomic E-state index is 12.5. The Bertz CT molecular complexity index is 991. The van der Waals surface area contributed by atoms with Crippen molar-refractivity contribution < 1.29 is 4.79 Å². The summed E-state index contributed by atoms with van der Waals surface area (Å²) >= 11 is 0. The predicted molar refractivity (Wildman–Crippen MR) is 97.5 cm³/mol. The summed E-state index contributed by atoms with van der Waals surface area (Å²) in [6, 6.07) is 15.0. The van der Waals surface area contributed by atoms with E-state index in [1.165, 1.54) is 6.33 Å². The molecule has 26 heavy (non-hydrogen) atoms. The number of carbonyl (C=O) groups is 1. The lowest BCUT2D eigenvalue weighted by Crippen LogP contribution is -2.12. The smallest absolute Gasteiger partial charge is 0.255 e. The van der Waals surface area contributed by atoms with Gasteiger partial charge in [0.05, 0.1) is 6.54 Å². The van der Waals surface area contributed by atoms with E-state index in [0.717, 1.165) is 22.6 Å². The average molecular weight is 344 g/mol. The van der Waals surface area contributed by atoms with E-state index in [1.807, 2.05) is 36.4 Å². The van der Waals surface area contributed by atoms with Gasteiger partial charge in [0.1, 0.15) is 18.5 Å². The fourth-order valence-electron chi connectivity index (χ4n) is 2.63. The molecule has 128 valence electrons. The molecule has 0 spiro atoms. The van der Waals surface area contributed by atoms with Crippen LogP contribution >= 0.6 is 0 Å². The predicted octanol–water partition coefficient (Wildman–Crippen LogP) is 2.97. The third-order valence-corrected chi connectivity index (χ3v) is 3.92. The Morgan fingerprint density at radius 2 is 2.04 bits per heavy atom. The van der Waals surface area contributed by atoms with Crippen LogP contribution in [-0.2, 0) is 6.54 Å². The van der Waals surface area contributed by atoms with Crippen LogP contribution < -0.4 is 5.32 Å². The van der Waals surface area contributed by atoms with Crippen LogP contribution in [0.15, 0.2) is 73.6 Å². The van der Waals surface area contributed by atoms with E-state index < -0.39 is 0 Å². The number of amides is 1. The Balaban J connectivity index is 1.45. The van der Waals surface area contributed by atoms with Crippen LogP contribution in [-0.4, -0.2) is 30.6 Å². The largest absolute Gasteiger partial charge is 0.345 e. The Hall–Kier alpha value is -3.74. The number of aromatic nitrogens is 5. The topological polar surface area (TPSA) is 88.5 Å². The highest BCUT2D eigenvalue weighted by atomic mass is 16.1. The minimum atomic E-state index is -0.158. The Kier molecular flexibility index (Phi) is 4.26. The number of hydrogen-bond donors (Lipinski definition) is 2. The standard InChI is InChI=1S/C19H16N6O/c26-19(15-6-4-14(5-7-15)11-25-13-20-12-23-25)24-17-3-1-2-16(10-17)18-21-8-9-22-18/h1-10,12-13H,11H2,(H,21,22)(H,24,26). The fraction of sp³-hybridized carbons (Fsp3) is 0.0526. The number of anilines is 1. The van der Waals surface area contributed by atoms with Crippen LogP contribution in [0.25, 0.3) is 11.4 Å². The highest BCUT2D eigenvalue weighted by Crippen LogP contribution is 2.19. The number of H-pyrrole nitrogens is 1. The summed E-state index contributed by atoms with van der Waals surface area (Å²) in [6.07, 6.45) is 6.62. The molecule has 1 amide bonds. The number of benzene rings is 2. The maximum Gasteiger partial charge on any atom is 0.255 e. The van der Waals surface area contributed by atoms with Gasteiger partial charge in [0, 0.05) is 29.2 Å². The van der Waals surface area contributed by atoms with Crippen molar-refractivity contribution in [3.63, 3.8) is 0 Å². The summed E-state index contributed by atoms with van der Waals surface area (Å²) in [5.74, 6) is 0.604. The van der Waals surface area contributed by atoms with Crippen molar-refractivity contribution in [3.05, 3.63) is 84.7 Å². The molecular formula is C19H16N6O. The van der Waals surface area contributed by atoms with Crippen LogP contribution in [0, 0.1) is 0 Å². The van der Waals surface area contributed by atoms with Crippen molar-refractivity contribution in [2.45, 2.75) is 6.54 Å². The average Bonchev–Trinajstić information content (AvgIpc) is 3.37. The first kappa shape index (κ1) is 15.8. The first-order valence-corrected chi connectivity index (χ1v) is 8.10. The van der Waals surface area contributed by atoms with Crippen molar-refractivity contribution in [2.75, 3.05) is 5.32 Å². The van der Waals surface area contributed by atoms with Crippen LogP contribution in [0.5, 0.6) is 0 Å². The second-order valence-corrected chi connectivity index (χ2v) is 5.76. The Labute approximate surface area is 149 Å². The molecule has 0 fully saturated rings. The number of imidazole rings is 1. The zero-order chi connectivity index (χ0) is 17.8. The van der Waals surface area contributed by atoms with E-state index in [-0.39, 0.29) is 5.91 Å². The van der Waals surface area contributed by atoms with Gasteiger partial charge in [-0.1, -0.05) is 24.3 Å². The molecule has 0 unspecified atom stereocenters. The van der Waals surface area contributed by atoms with Crippen LogP contribution in [0.3, 0.4) is 0 Å². The molecule has 0 aliphatic heterocycles. The fourth-order valence-corrected chi connectivity index (χ4v) is 2.63. The minimum Gasteiger partial charge on any atom is -0.345 e. The van der Waals surface area contributed by atoms with Gasteiger partial charge in [-0.3, -0.25) is 4.79 Å². The van der Waals surface area contributed by atoms with Gasteiger partial charge in [-0.25, -0.2) is 14.6 Å². The van der Waals surface area contributed by atoms with E-state index >= 15 is 0 Å². The SMILES string of the molecule is O=C(Nc1cccc(-c2ncc[nH]2)c1)c1ccc(Cn2cncn2)cc1. The number of aromatic amines is 1. The molecule has 0 aliphatic rings. The second-order valence-electron chi connectivity index (χ2n) is 5.76. The van der Waals surface area contributed by atoms with E-state index in [9.17, 15) is 4.79 Å². The second kappa shape index (κ2) is 7.02. The van der Waals surface area contributed by atoms with Gasteiger partial charge >= 0.3 is 0 Å². The first-order valence-electron chi connectivity index (χ1n) is 8.10. The third-order valence-electron chi connectivity index (χ3n) is 3.92. The molecule has 0 radical (unpaired) electrons. The number of rotatable bonds is 5. The zero-order valence-electron chi connectivity index (χ0n) is 13.8. The molecule has 0 saturated heterocycles. The van der Waals surface area contributed by atoms with Gasteiger partial charge in [0.25, 0.3) is 5.91 Å². The molecule has 2 N–H and O–H groups in total. The molecule has 4 rings (SSSR count). The molecule has 0 bridgehead atoms.